The molecule has 140 valence electrons. The van der Waals surface area contributed by atoms with Gasteiger partial charge in [0.2, 0.25) is 0 Å². The molecule has 0 unspecified atom stereocenters. The van der Waals surface area contributed by atoms with E-state index in [4.69, 9.17) is 11.6 Å². The average Bonchev–Trinajstić information content (AvgIpc) is 2.62. The zero-order valence-corrected chi connectivity index (χ0v) is 16.2. The van der Waals surface area contributed by atoms with Crippen LogP contribution in [0.15, 0.2) is 41.4 Å². The summed E-state index contributed by atoms with van der Waals surface area (Å²) in [5.74, 6) is 0. The first-order valence-electron chi connectivity index (χ1n) is 8.25. The van der Waals surface area contributed by atoms with Crippen molar-refractivity contribution in [1.29, 1.82) is 0 Å². The molecule has 0 aliphatic carbocycles. The summed E-state index contributed by atoms with van der Waals surface area (Å²) < 4.78 is 26.7. The monoisotopic (exact) mass is 396 g/mol. The zero-order valence-electron chi connectivity index (χ0n) is 14.6. The van der Waals surface area contributed by atoms with Crippen LogP contribution in [0, 0.1) is 0 Å². The fourth-order valence-corrected chi connectivity index (χ4v) is 4.23. The summed E-state index contributed by atoms with van der Waals surface area (Å²) in [5.41, 5.74) is 0.954. The Balaban J connectivity index is 1.68. The van der Waals surface area contributed by atoms with Crippen LogP contribution >= 0.6 is 11.6 Å². The third-order valence-electron chi connectivity index (χ3n) is 4.39. The highest BCUT2D eigenvalue weighted by molar-refractivity contribution is 7.89. The van der Waals surface area contributed by atoms with Crippen molar-refractivity contribution >= 4 is 27.3 Å². The lowest BCUT2D eigenvalue weighted by Gasteiger charge is -2.35. The van der Waals surface area contributed by atoms with Gasteiger partial charge in [0.05, 0.1) is 5.60 Å². The molecule has 1 aromatic heterocycles. The van der Waals surface area contributed by atoms with E-state index in [0.29, 0.717) is 26.2 Å². The fraction of sp³-hybridized carbons (Fsp3) is 0.412. The lowest BCUT2D eigenvalue weighted by molar-refractivity contribution is 0.0786. The van der Waals surface area contributed by atoms with Gasteiger partial charge in [-0.1, -0.05) is 23.7 Å². The van der Waals surface area contributed by atoms with Crippen molar-refractivity contribution in [3.63, 3.8) is 0 Å². The maximum atomic E-state index is 12.6. The Bertz CT molecular complexity index is 856. The van der Waals surface area contributed by atoms with Crippen molar-refractivity contribution in [2.75, 3.05) is 31.1 Å². The van der Waals surface area contributed by atoms with E-state index in [1.165, 1.54) is 16.4 Å². The predicted molar refractivity (Wildman–Crippen MR) is 99.7 cm³/mol. The molecule has 1 fully saturated rings. The van der Waals surface area contributed by atoms with Gasteiger partial charge in [0.25, 0.3) is 10.0 Å². The number of sulfonamides is 1. The Morgan fingerprint density at radius 1 is 1.00 bits per heavy atom. The number of nitrogens with zero attached hydrogens (tertiary/aromatic N) is 4. The van der Waals surface area contributed by atoms with Crippen molar-refractivity contribution in [2.24, 2.45) is 0 Å². The molecule has 26 heavy (non-hydrogen) atoms. The minimum Gasteiger partial charge on any atom is -0.386 e. The fourth-order valence-electron chi connectivity index (χ4n) is 2.84. The first kappa shape index (κ1) is 19.0. The topological polar surface area (TPSA) is 86.6 Å². The first-order valence-corrected chi connectivity index (χ1v) is 10.1. The van der Waals surface area contributed by atoms with Gasteiger partial charge in [0.1, 0.15) is 0 Å². The molecule has 2 heterocycles. The molecule has 1 aliphatic heterocycles. The Hall–Kier alpha value is -1.74. The van der Waals surface area contributed by atoms with Crippen molar-refractivity contribution < 1.29 is 13.5 Å². The summed E-state index contributed by atoms with van der Waals surface area (Å²) >= 11 is 5.67. The normalized spacial score (nSPS) is 16.7. The van der Waals surface area contributed by atoms with E-state index in [9.17, 15) is 13.5 Å². The number of halogens is 1. The average molecular weight is 397 g/mol. The smallest absolute Gasteiger partial charge is 0.262 e. The second-order valence-corrected chi connectivity index (χ2v) is 8.96. The second-order valence-electron chi connectivity index (χ2n) is 6.69. The maximum absolute atomic E-state index is 12.6. The van der Waals surface area contributed by atoms with Crippen molar-refractivity contribution in [2.45, 2.75) is 24.5 Å². The maximum Gasteiger partial charge on any atom is 0.262 e. The van der Waals surface area contributed by atoms with Gasteiger partial charge in [-0.25, -0.2) is 8.42 Å². The number of aliphatic hydroxyl groups is 1. The van der Waals surface area contributed by atoms with Crippen LogP contribution in [-0.2, 0) is 15.6 Å². The molecule has 7 nitrogen and oxygen atoms in total. The number of rotatable bonds is 4. The van der Waals surface area contributed by atoms with Gasteiger partial charge >= 0.3 is 0 Å². The molecule has 0 amide bonds. The van der Waals surface area contributed by atoms with E-state index in [2.05, 4.69) is 15.1 Å². The lowest BCUT2D eigenvalue weighted by Crippen LogP contribution is -2.48. The summed E-state index contributed by atoms with van der Waals surface area (Å²) in [6.45, 7) is 5.35. The van der Waals surface area contributed by atoms with Crippen molar-refractivity contribution in [3.05, 3.63) is 47.1 Å². The van der Waals surface area contributed by atoms with Crippen LogP contribution in [-0.4, -0.2) is 54.2 Å². The van der Waals surface area contributed by atoms with Crippen LogP contribution in [0.4, 0.5) is 5.69 Å². The molecule has 3 rings (SSSR count). The van der Waals surface area contributed by atoms with Gasteiger partial charge in [-0.3, -0.25) is 0 Å². The van der Waals surface area contributed by atoms with Gasteiger partial charge in [-0.15, -0.1) is 10.2 Å². The number of hydrogen-bond donors (Lipinski definition) is 1. The van der Waals surface area contributed by atoms with Crippen LogP contribution in [0.2, 0.25) is 5.15 Å². The van der Waals surface area contributed by atoms with Crippen molar-refractivity contribution in [3.8, 4) is 0 Å². The van der Waals surface area contributed by atoms with E-state index >= 15 is 0 Å². The van der Waals surface area contributed by atoms with E-state index < -0.39 is 15.6 Å². The highest BCUT2D eigenvalue weighted by atomic mass is 35.5. The molecule has 1 aliphatic rings. The Kier molecular flexibility index (Phi) is 5.21. The first-order chi connectivity index (χ1) is 12.2. The third-order valence-corrected chi connectivity index (χ3v) is 6.38. The quantitative estimate of drug-likeness (QED) is 0.848. The summed E-state index contributed by atoms with van der Waals surface area (Å²) in [6.07, 6.45) is 0. The SMILES string of the molecule is CC(C)(O)c1ccc(N2CCN(S(=O)(=O)c3ccc(Cl)nn3)CC2)cc1. The molecule has 0 bridgehead atoms. The minimum atomic E-state index is -3.67. The van der Waals surface area contributed by atoms with E-state index in [1.807, 2.05) is 24.3 Å². The second kappa shape index (κ2) is 7.11. The van der Waals surface area contributed by atoms with Gasteiger partial charge in [-0.2, -0.15) is 4.31 Å². The van der Waals surface area contributed by atoms with E-state index in [0.717, 1.165) is 11.3 Å². The molecular formula is C17H21ClN4O3S. The highest BCUT2D eigenvalue weighted by Crippen LogP contribution is 2.25. The summed E-state index contributed by atoms with van der Waals surface area (Å²) in [6, 6.07) is 10.5. The molecule has 9 heteroatoms. The molecular weight excluding hydrogens is 376 g/mol. The van der Waals surface area contributed by atoms with Crippen LogP contribution in [0.25, 0.3) is 0 Å². The Morgan fingerprint density at radius 2 is 1.62 bits per heavy atom. The number of hydrogen-bond acceptors (Lipinski definition) is 6. The summed E-state index contributed by atoms with van der Waals surface area (Å²) in [4.78, 5) is 2.12. The molecule has 1 aromatic carbocycles. The van der Waals surface area contributed by atoms with Crippen LogP contribution in [0.1, 0.15) is 19.4 Å². The molecule has 0 atom stereocenters. The van der Waals surface area contributed by atoms with Gasteiger partial charge in [-0.05, 0) is 43.7 Å². The molecule has 0 saturated carbocycles. The number of benzene rings is 1. The van der Waals surface area contributed by atoms with Crippen LogP contribution in [0.3, 0.4) is 0 Å². The number of aromatic nitrogens is 2. The van der Waals surface area contributed by atoms with Crippen molar-refractivity contribution in [1.82, 2.24) is 14.5 Å². The van der Waals surface area contributed by atoms with Crippen LogP contribution in [0.5, 0.6) is 0 Å². The van der Waals surface area contributed by atoms with Gasteiger partial charge in [0.15, 0.2) is 10.2 Å². The molecule has 0 spiro atoms. The van der Waals surface area contributed by atoms with Gasteiger partial charge < -0.3 is 10.0 Å². The predicted octanol–water partition coefficient (Wildman–Crippen LogP) is 1.87. The zero-order chi connectivity index (χ0) is 18.9. The van der Waals surface area contributed by atoms with E-state index in [-0.39, 0.29) is 10.2 Å². The number of piperazine rings is 1. The molecule has 1 N–H and O–H groups in total. The standard InChI is InChI=1S/C17H21ClN4O3S/c1-17(2,23)13-3-5-14(6-4-13)21-9-11-22(12-10-21)26(24,25)16-8-7-15(18)19-20-16/h3-8,23H,9-12H2,1-2H3. The number of anilines is 1. The lowest BCUT2D eigenvalue weighted by atomic mass is 9.98. The highest BCUT2D eigenvalue weighted by Gasteiger charge is 2.30. The molecule has 2 aromatic rings. The van der Waals surface area contributed by atoms with E-state index in [1.54, 1.807) is 13.8 Å². The molecule has 1 saturated heterocycles. The Morgan fingerprint density at radius 3 is 2.12 bits per heavy atom. The minimum absolute atomic E-state index is 0.0927. The van der Waals surface area contributed by atoms with Crippen LogP contribution < -0.4 is 4.90 Å². The summed E-state index contributed by atoms with van der Waals surface area (Å²) in [7, 11) is -3.67. The largest absolute Gasteiger partial charge is 0.386 e. The molecule has 0 radical (unpaired) electrons. The van der Waals surface area contributed by atoms with Gasteiger partial charge in [0, 0.05) is 31.9 Å². The Labute approximate surface area is 158 Å². The third kappa shape index (κ3) is 3.98. The summed E-state index contributed by atoms with van der Waals surface area (Å²) in [5, 5.41) is 17.4.